The van der Waals surface area contributed by atoms with Crippen molar-refractivity contribution in [1.29, 1.82) is 5.26 Å². The molecule has 0 saturated carbocycles. The summed E-state index contributed by atoms with van der Waals surface area (Å²) < 4.78 is 37.1. The van der Waals surface area contributed by atoms with Gasteiger partial charge in [-0.05, 0) is 19.1 Å². The molecule has 0 bridgehead atoms. The number of nitriles is 1. The molecular weight excluding hydrogens is 247 g/mol. The molecule has 4 nitrogen and oxygen atoms in total. The molecule has 0 fully saturated rings. The Bertz CT molecular complexity index is 491. The third-order valence-corrected chi connectivity index (χ3v) is 2.14. The lowest BCUT2D eigenvalue weighted by Gasteiger charge is -2.09. The molecule has 1 aromatic heterocycles. The van der Waals surface area contributed by atoms with Crippen LogP contribution in [0.2, 0.25) is 0 Å². The summed E-state index contributed by atoms with van der Waals surface area (Å²) in [4.78, 5) is 14.9. The van der Waals surface area contributed by atoms with Gasteiger partial charge in [0.25, 0.3) is 5.91 Å². The van der Waals surface area contributed by atoms with Crippen molar-refractivity contribution < 1.29 is 18.0 Å². The molecule has 0 aliphatic heterocycles. The molecule has 0 aliphatic rings. The number of nitrogens with zero attached hydrogens (tertiary/aromatic N) is 2. The van der Waals surface area contributed by atoms with Gasteiger partial charge in [-0.15, -0.1) is 0 Å². The van der Waals surface area contributed by atoms with Gasteiger partial charge in [0.15, 0.2) is 0 Å². The SMILES string of the molecule is Cc1nc(C(F)(F)F)ccc1C(=O)NCCC#N. The first-order valence-corrected chi connectivity index (χ1v) is 5.06. The molecule has 0 atom stereocenters. The van der Waals surface area contributed by atoms with E-state index in [1.165, 1.54) is 6.92 Å². The second-order valence-electron chi connectivity index (χ2n) is 3.49. The lowest BCUT2D eigenvalue weighted by Crippen LogP contribution is -2.25. The predicted octanol–water partition coefficient (Wildman–Crippen LogP) is 2.05. The molecule has 0 spiro atoms. The Morgan fingerprint density at radius 3 is 2.67 bits per heavy atom. The summed E-state index contributed by atoms with van der Waals surface area (Å²) in [5, 5.41) is 10.7. The monoisotopic (exact) mass is 257 g/mol. The van der Waals surface area contributed by atoms with E-state index >= 15 is 0 Å². The molecule has 1 aromatic rings. The Hall–Kier alpha value is -2.10. The van der Waals surface area contributed by atoms with E-state index in [4.69, 9.17) is 5.26 Å². The predicted molar refractivity (Wildman–Crippen MR) is 56.5 cm³/mol. The first kappa shape index (κ1) is 14.0. The fourth-order valence-corrected chi connectivity index (χ4v) is 1.29. The summed E-state index contributed by atoms with van der Waals surface area (Å²) in [7, 11) is 0. The molecule has 1 amide bonds. The van der Waals surface area contributed by atoms with E-state index in [2.05, 4.69) is 10.3 Å². The summed E-state index contributed by atoms with van der Waals surface area (Å²) in [6.07, 6.45) is -4.39. The van der Waals surface area contributed by atoms with Gasteiger partial charge in [0, 0.05) is 6.54 Å². The molecule has 7 heteroatoms. The summed E-state index contributed by atoms with van der Waals surface area (Å²) in [6, 6.07) is 3.67. The van der Waals surface area contributed by atoms with E-state index in [0.29, 0.717) is 0 Å². The van der Waals surface area contributed by atoms with Gasteiger partial charge in [-0.25, -0.2) is 4.98 Å². The van der Waals surface area contributed by atoms with E-state index < -0.39 is 17.8 Å². The molecule has 1 N–H and O–H groups in total. The number of carbonyl (C=O) groups is 1. The highest BCUT2D eigenvalue weighted by Crippen LogP contribution is 2.28. The maximum atomic E-state index is 12.4. The first-order valence-electron chi connectivity index (χ1n) is 5.06. The molecule has 1 heterocycles. The number of nitrogens with one attached hydrogen (secondary N) is 1. The smallest absolute Gasteiger partial charge is 0.351 e. The topological polar surface area (TPSA) is 65.8 Å². The van der Waals surface area contributed by atoms with Crippen LogP contribution >= 0.6 is 0 Å². The zero-order chi connectivity index (χ0) is 13.8. The minimum Gasteiger partial charge on any atom is -0.351 e. The number of halogens is 3. The number of hydrogen-bond donors (Lipinski definition) is 1. The van der Waals surface area contributed by atoms with Crippen molar-refractivity contribution >= 4 is 5.91 Å². The minimum atomic E-state index is -4.53. The van der Waals surface area contributed by atoms with Crippen LogP contribution in [0.5, 0.6) is 0 Å². The van der Waals surface area contributed by atoms with Gasteiger partial charge in [-0.2, -0.15) is 18.4 Å². The average molecular weight is 257 g/mol. The van der Waals surface area contributed by atoms with Crippen molar-refractivity contribution in [1.82, 2.24) is 10.3 Å². The number of aromatic nitrogens is 1. The van der Waals surface area contributed by atoms with Gasteiger partial charge in [0.2, 0.25) is 0 Å². The Morgan fingerprint density at radius 1 is 1.50 bits per heavy atom. The van der Waals surface area contributed by atoms with Gasteiger partial charge < -0.3 is 5.32 Å². The number of hydrogen-bond acceptors (Lipinski definition) is 3. The zero-order valence-corrected chi connectivity index (χ0v) is 9.51. The van der Waals surface area contributed by atoms with Crippen LogP contribution in [0.3, 0.4) is 0 Å². The third kappa shape index (κ3) is 3.45. The number of aryl methyl sites for hydroxylation is 1. The second kappa shape index (κ2) is 5.49. The number of alkyl halides is 3. The number of carbonyl (C=O) groups excluding carboxylic acids is 1. The summed E-state index contributed by atoms with van der Waals surface area (Å²) in [6.45, 7) is 1.48. The van der Waals surface area contributed by atoms with Gasteiger partial charge >= 0.3 is 6.18 Å². The summed E-state index contributed by atoms with van der Waals surface area (Å²) in [5.41, 5.74) is -0.964. The van der Waals surface area contributed by atoms with Crippen molar-refractivity contribution in [2.45, 2.75) is 19.5 Å². The van der Waals surface area contributed by atoms with Gasteiger partial charge in [-0.1, -0.05) is 0 Å². The first-order chi connectivity index (χ1) is 8.36. The van der Waals surface area contributed by atoms with Crippen LogP contribution < -0.4 is 5.32 Å². The maximum Gasteiger partial charge on any atom is 0.433 e. The normalized spacial score (nSPS) is 10.8. The lowest BCUT2D eigenvalue weighted by atomic mass is 10.1. The Kier molecular flexibility index (Phi) is 4.26. The van der Waals surface area contributed by atoms with Crippen LogP contribution in [-0.4, -0.2) is 17.4 Å². The average Bonchev–Trinajstić information content (AvgIpc) is 2.27. The van der Waals surface area contributed by atoms with Crippen LogP contribution in [0.25, 0.3) is 0 Å². The molecule has 0 unspecified atom stereocenters. The van der Waals surface area contributed by atoms with E-state index in [0.717, 1.165) is 12.1 Å². The number of amides is 1. The highest BCUT2D eigenvalue weighted by Gasteiger charge is 2.32. The standard InChI is InChI=1S/C11H10F3N3O/c1-7-8(10(18)16-6-2-5-15)3-4-9(17-7)11(12,13)14/h3-4H,2,6H2,1H3,(H,16,18). The van der Waals surface area contributed by atoms with E-state index in [-0.39, 0.29) is 24.2 Å². The van der Waals surface area contributed by atoms with Crippen molar-refractivity contribution in [3.8, 4) is 6.07 Å². The Balaban J connectivity index is 2.86. The molecule has 0 saturated heterocycles. The highest BCUT2D eigenvalue weighted by atomic mass is 19.4. The molecule has 96 valence electrons. The summed E-state index contributed by atoms with van der Waals surface area (Å²) >= 11 is 0. The fourth-order valence-electron chi connectivity index (χ4n) is 1.29. The van der Waals surface area contributed by atoms with Crippen molar-refractivity contribution in [3.63, 3.8) is 0 Å². The third-order valence-electron chi connectivity index (χ3n) is 2.14. The second-order valence-corrected chi connectivity index (χ2v) is 3.49. The van der Waals surface area contributed by atoms with Gasteiger partial charge in [0.1, 0.15) is 5.69 Å². The van der Waals surface area contributed by atoms with E-state index in [9.17, 15) is 18.0 Å². The Labute approximate surface area is 101 Å². The van der Waals surface area contributed by atoms with E-state index in [1.54, 1.807) is 0 Å². The molecule has 0 radical (unpaired) electrons. The lowest BCUT2D eigenvalue weighted by molar-refractivity contribution is -0.141. The van der Waals surface area contributed by atoms with Gasteiger partial charge in [0.05, 0.1) is 23.7 Å². The van der Waals surface area contributed by atoms with Crippen molar-refractivity contribution in [2.75, 3.05) is 6.54 Å². The number of pyridine rings is 1. The molecular formula is C11H10F3N3O. The quantitative estimate of drug-likeness (QED) is 0.843. The van der Waals surface area contributed by atoms with Crippen LogP contribution in [-0.2, 0) is 6.18 Å². The molecule has 1 rings (SSSR count). The molecule has 0 aromatic carbocycles. The van der Waals surface area contributed by atoms with Gasteiger partial charge in [-0.3, -0.25) is 4.79 Å². The minimum absolute atomic E-state index is 0.000664. The fraction of sp³-hybridized carbons (Fsp3) is 0.364. The molecule has 18 heavy (non-hydrogen) atoms. The van der Waals surface area contributed by atoms with Crippen molar-refractivity contribution in [2.24, 2.45) is 0 Å². The van der Waals surface area contributed by atoms with E-state index in [1.807, 2.05) is 6.07 Å². The zero-order valence-electron chi connectivity index (χ0n) is 9.51. The highest BCUT2D eigenvalue weighted by molar-refractivity contribution is 5.95. The maximum absolute atomic E-state index is 12.4. The van der Waals surface area contributed by atoms with Crippen LogP contribution in [0.15, 0.2) is 12.1 Å². The molecule has 0 aliphatic carbocycles. The number of rotatable bonds is 3. The van der Waals surface area contributed by atoms with Crippen LogP contribution in [0.1, 0.15) is 28.2 Å². The van der Waals surface area contributed by atoms with Crippen molar-refractivity contribution in [3.05, 3.63) is 29.1 Å². The van der Waals surface area contributed by atoms with Crippen LogP contribution in [0.4, 0.5) is 13.2 Å². The van der Waals surface area contributed by atoms with Crippen LogP contribution in [0, 0.1) is 18.3 Å². The summed E-state index contributed by atoms with van der Waals surface area (Å²) in [5.74, 6) is -0.538. The largest absolute Gasteiger partial charge is 0.433 e. The Morgan fingerprint density at radius 2 is 2.17 bits per heavy atom.